The van der Waals surface area contributed by atoms with Crippen molar-refractivity contribution in [1.29, 1.82) is 0 Å². The molecule has 4 aromatic rings. The zero-order valence-electron chi connectivity index (χ0n) is 11.8. The van der Waals surface area contributed by atoms with Gasteiger partial charge in [-0.05, 0) is 45.3 Å². The molecule has 0 saturated heterocycles. The first-order valence-electron chi connectivity index (χ1n) is 7.17. The predicted molar refractivity (Wildman–Crippen MR) is 90.2 cm³/mol. The van der Waals surface area contributed by atoms with E-state index in [9.17, 15) is 10.2 Å². The molecule has 0 saturated carbocycles. The maximum absolute atomic E-state index is 10.2. The summed E-state index contributed by atoms with van der Waals surface area (Å²) in [5, 5.41) is 24.4. The quantitative estimate of drug-likeness (QED) is 0.379. The van der Waals surface area contributed by atoms with Crippen LogP contribution in [0.4, 0.5) is 0 Å². The Morgan fingerprint density at radius 2 is 1.18 bits per heavy atom. The summed E-state index contributed by atoms with van der Waals surface area (Å²) in [6, 6.07) is 23.5. The van der Waals surface area contributed by atoms with Crippen molar-refractivity contribution in [3.8, 4) is 22.6 Å². The molecular formula is C20H14O2. The SMILES string of the molecule is Oc1cccc(-c2cccc3cc4ccccc4cc23)c1O. The van der Waals surface area contributed by atoms with E-state index in [1.165, 1.54) is 11.5 Å². The molecule has 0 radical (unpaired) electrons. The third kappa shape index (κ3) is 1.89. The van der Waals surface area contributed by atoms with E-state index in [1.54, 1.807) is 6.07 Å². The van der Waals surface area contributed by atoms with E-state index < -0.39 is 0 Å². The van der Waals surface area contributed by atoms with E-state index >= 15 is 0 Å². The van der Waals surface area contributed by atoms with Crippen molar-refractivity contribution in [2.24, 2.45) is 0 Å². The predicted octanol–water partition coefficient (Wildman–Crippen LogP) is 5.07. The van der Waals surface area contributed by atoms with Gasteiger partial charge in [0.05, 0.1) is 0 Å². The number of rotatable bonds is 1. The molecule has 2 nitrogen and oxygen atoms in total. The van der Waals surface area contributed by atoms with E-state index in [-0.39, 0.29) is 11.5 Å². The number of phenolic OH excluding ortho intramolecular Hbond substituents is 2. The maximum atomic E-state index is 10.2. The van der Waals surface area contributed by atoms with Crippen LogP contribution in [0, 0.1) is 0 Å². The molecule has 0 amide bonds. The molecule has 4 rings (SSSR count). The van der Waals surface area contributed by atoms with E-state index in [1.807, 2.05) is 30.3 Å². The normalized spacial score (nSPS) is 11.1. The van der Waals surface area contributed by atoms with Gasteiger partial charge in [-0.2, -0.15) is 0 Å². The third-order valence-corrected chi connectivity index (χ3v) is 4.05. The molecule has 0 spiro atoms. The summed E-state index contributed by atoms with van der Waals surface area (Å²) in [4.78, 5) is 0. The van der Waals surface area contributed by atoms with E-state index in [2.05, 4.69) is 30.3 Å². The Morgan fingerprint density at radius 3 is 2.00 bits per heavy atom. The molecule has 0 atom stereocenters. The summed E-state index contributed by atoms with van der Waals surface area (Å²) in [5.74, 6) is -0.182. The van der Waals surface area contributed by atoms with Gasteiger partial charge in [0.2, 0.25) is 0 Å². The van der Waals surface area contributed by atoms with Crippen LogP contribution >= 0.6 is 0 Å². The van der Waals surface area contributed by atoms with Gasteiger partial charge in [-0.25, -0.2) is 0 Å². The minimum atomic E-state index is -0.102. The van der Waals surface area contributed by atoms with Crippen molar-refractivity contribution >= 4 is 21.5 Å². The number of hydrogen-bond acceptors (Lipinski definition) is 2. The standard InChI is InChI=1S/C20H14O2/c21-19-10-4-9-17(20(19)22)16-8-3-7-15-11-13-5-1-2-6-14(13)12-18(15)16/h1-12,21-22H. The van der Waals surface area contributed by atoms with E-state index in [0.717, 1.165) is 21.7 Å². The summed E-state index contributed by atoms with van der Waals surface area (Å²) in [7, 11) is 0. The molecule has 0 aromatic heterocycles. The first-order valence-corrected chi connectivity index (χ1v) is 7.17. The summed E-state index contributed by atoms with van der Waals surface area (Å²) in [6.45, 7) is 0. The highest BCUT2D eigenvalue weighted by Crippen LogP contribution is 2.40. The Kier molecular flexibility index (Phi) is 2.76. The van der Waals surface area contributed by atoms with Crippen LogP contribution in [-0.2, 0) is 0 Å². The fourth-order valence-electron chi connectivity index (χ4n) is 2.95. The number of para-hydroxylation sites is 1. The van der Waals surface area contributed by atoms with E-state index in [0.29, 0.717) is 5.56 Å². The largest absolute Gasteiger partial charge is 0.504 e. The molecule has 106 valence electrons. The van der Waals surface area contributed by atoms with Gasteiger partial charge in [0.1, 0.15) is 0 Å². The van der Waals surface area contributed by atoms with Crippen LogP contribution in [0.1, 0.15) is 0 Å². The van der Waals surface area contributed by atoms with Crippen molar-refractivity contribution in [3.63, 3.8) is 0 Å². The molecule has 0 unspecified atom stereocenters. The lowest BCUT2D eigenvalue weighted by molar-refractivity contribution is 0.405. The van der Waals surface area contributed by atoms with Crippen molar-refractivity contribution in [1.82, 2.24) is 0 Å². The molecule has 0 aliphatic rings. The van der Waals surface area contributed by atoms with Crippen LogP contribution in [0.25, 0.3) is 32.7 Å². The van der Waals surface area contributed by atoms with Crippen molar-refractivity contribution < 1.29 is 10.2 Å². The third-order valence-electron chi connectivity index (χ3n) is 4.05. The average Bonchev–Trinajstić information content (AvgIpc) is 2.55. The Bertz CT molecular complexity index is 1000. The Hall–Kier alpha value is -3.00. The van der Waals surface area contributed by atoms with Crippen LogP contribution in [0.15, 0.2) is 72.8 Å². The molecular weight excluding hydrogens is 272 g/mol. The maximum Gasteiger partial charge on any atom is 0.165 e. The lowest BCUT2D eigenvalue weighted by Gasteiger charge is -2.11. The lowest BCUT2D eigenvalue weighted by atomic mass is 9.95. The zero-order valence-corrected chi connectivity index (χ0v) is 11.8. The topological polar surface area (TPSA) is 40.5 Å². The van der Waals surface area contributed by atoms with Crippen LogP contribution in [0.2, 0.25) is 0 Å². The zero-order chi connectivity index (χ0) is 15.1. The minimum Gasteiger partial charge on any atom is -0.504 e. The Morgan fingerprint density at radius 1 is 0.545 bits per heavy atom. The van der Waals surface area contributed by atoms with Crippen LogP contribution < -0.4 is 0 Å². The molecule has 2 N–H and O–H groups in total. The number of phenols is 2. The molecule has 2 heteroatoms. The summed E-state index contributed by atoms with van der Waals surface area (Å²) in [6.07, 6.45) is 0. The first kappa shape index (κ1) is 12.7. The molecule has 22 heavy (non-hydrogen) atoms. The molecule has 0 bridgehead atoms. The summed E-state index contributed by atoms with van der Waals surface area (Å²) >= 11 is 0. The first-order chi connectivity index (χ1) is 10.7. The van der Waals surface area contributed by atoms with Crippen LogP contribution in [-0.4, -0.2) is 10.2 Å². The second-order valence-electron chi connectivity index (χ2n) is 5.40. The van der Waals surface area contributed by atoms with Gasteiger partial charge in [0.15, 0.2) is 11.5 Å². The summed E-state index contributed by atoms with van der Waals surface area (Å²) < 4.78 is 0. The highest BCUT2D eigenvalue weighted by atomic mass is 16.3. The van der Waals surface area contributed by atoms with Crippen LogP contribution in [0.3, 0.4) is 0 Å². The van der Waals surface area contributed by atoms with Gasteiger partial charge in [0, 0.05) is 5.56 Å². The second-order valence-corrected chi connectivity index (χ2v) is 5.40. The molecule has 0 fully saturated rings. The number of fused-ring (bicyclic) bond motifs is 2. The monoisotopic (exact) mass is 286 g/mol. The Balaban J connectivity index is 2.09. The van der Waals surface area contributed by atoms with Crippen molar-refractivity contribution in [2.45, 2.75) is 0 Å². The fraction of sp³-hybridized carbons (Fsp3) is 0. The van der Waals surface area contributed by atoms with Gasteiger partial charge in [-0.1, -0.05) is 54.6 Å². The number of hydrogen-bond donors (Lipinski definition) is 2. The van der Waals surface area contributed by atoms with Gasteiger partial charge in [-0.15, -0.1) is 0 Å². The molecule has 4 aromatic carbocycles. The lowest BCUT2D eigenvalue weighted by Crippen LogP contribution is -1.84. The minimum absolute atomic E-state index is 0.0804. The number of aromatic hydroxyl groups is 2. The molecule has 0 aliphatic carbocycles. The summed E-state index contributed by atoms with van der Waals surface area (Å²) in [5.41, 5.74) is 1.55. The van der Waals surface area contributed by atoms with Gasteiger partial charge < -0.3 is 10.2 Å². The van der Waals surface area contributed by atoms with Crippen molar-refractivity contribution in [3.05, 3.63) is 72.8 Å². The fourth-order valence-corrected chi connectivity index (χ4v) is 2.95. The molecule has 0 heterocycles. The van der Waals surface area contributed by atoms with Gasteiger partial charge in [0.25, 0.3) is 0 Å². The Labute approximate surface area is 127 Å². The highest BCUT2D eigenvalue weighted by Gasteiger charge is 2.11. The van der Waals surface area contributed by atoms with Crippen molar-refractivity contribution in [2.75, 3.05) is 0 Å². The van der Waals surface area contributed by atoms with Gasteiger partial charge >= 0.3 is 0 Å². The average molecular weight is 286 g/mol. The number of benzene rings is 4. The second kappa shape index (κ2) is 4.78. The van der Waals surface area contributed by atoms with E-state index in [4.69, 9.17) is 0 Å². The van der Waals surface area contributed by atoms with Crippen LogP contribution in [0.5, 0.6) is 11.5 Å². The van der Waals surface area contributed by atoms with Gasteiger partial charge in [-0.3, -0.25) is 0 Å². The highest BCUT2D eigenvalue weighted by molar-refractivity contribution is 6.05. The molecule has 0 aliphatic heterocycles. The smallest absolute Gasteiger partial charge is 0.165 e.